The first-order valence-corrected chi connectivity index (χ1v) is 10.0. The molecule has 24 heavy (non-hydrogen) atoms. The lowest BCUT2D eigenvalue weighted by Gasteiger charge is -2.15. The third-order valence-electron chi connectivity index (χ3n) is 4.08. The van der Waals surface area contributed by atoms with E-state index in [1.165, 1.54) is 6.33 Å². The van der Waals surface area contributed by atoms with Gasteiger partial charge < -0.3 is 5.32 Å². The number of thiophene rings is 1. The molecule has 0 amide bonds. The van der Waals surface area contributed by atoms with Crippen LogP contribution < -0.4 is 5.32 Å². The Morgan fingerprint density at radius 3 is 2.54 bits per heavy atom. The number of fused-ring (bicyclic) bond motifs is 1. The molecular weight excluding hydrogens is 344 g/mol. The number of nitrogens with zero attached hydrogens (tertiary/aromatic N) is 3. The Morgan fingerprint density at radius 2 is 1.79 bits per heavy atom. The molecule has 1 fully saturated rings. The number of hydrogen-bond acceptors (Lipinski definition) is 6. The lowest BCUT2D eigenvalue weighted by atomic mass is 10.3. The van der Waals surface area contributed by atoms with Crippen molar-refractivity contribution < 1.29 is 8.42 Å². The maximum Gasteiger partial charge on any atom is 0.243 e. The van der Waals surface area contributed by atoms with E-state index >= 15 is 0 Å². The standard InChI is InChI=1S/C16H16N4O2S2/c21-24(22,20-8-1-2-9-20)13-5-3-12(4-6-13)19-15-14-7-10-23-16(14)18-11-17-15/h3-7,10-11H,1-2,8-9H2,(H,17,18,19). The molecule has 2 aromatic heterocycles. The third kappa shape index (κ3) is 2.77. The minimum Gasteiger partial charge on any atom is -0.340 e. The van der Waals surface area contributed by atoms with Gasteiger partial charge in [-0.05, 0) is 48.6 Å². The summed E-state index contributed by atoms with van der Waals surface area (Å²) in [6.07, 6.45) is 3.39. The molecule has 0 saturated carbocycles. The van der Waals surface area contributed by atoms with Crippen molar-refractivity contribution in [2.45, 2.75) is 17.7 Å². The van der Waals surface area contributed by atoms with Crippen LogP contribution >= 0.6 is 11.3 Å². The Balaban J connectivity index is 1.59. The highest BCUT2D eigenvalue weighted by atomic mass is 32.2. The number of rotatable bonds is 4. The summed E-state index contributed by atoms with van der Waals surface area (Å²) in [5.74, 6) is 0.719. The largest absolute Gasteiger partial charge is 0.340 e. The first-order chi connectivity index (χ1) is 11.6. The van der Waals surface area contributed by atoms with Crippen LogP contribution in [0.2, 0.25) is 0 Å². The highest BCUT2D eigenvalue weighted by molar-refractivity contribution is 7.89. The van der Waals surface area contributed by atoms with Gasteiger partial charge in [0.25, 0.3) is 0 Å². The van der Waals surface area contributed by atoms with Crippen molar-refractivity contribution in [1.82, 2.24) is 14.3 Å². The van der Waals surface area contributed by atoms with Crippen molar-refractivity contribution in [3.05, 3.63) is 42.0 Å². The van der Waals surface area contributed by atoms with Gasteiger partial charge in [0.1, 0.15) is 17.0 Å². The molecule has 0 bridgehead atoms. The molecule has 8 heteroatoms. The maximum absolute atomic E-state index is 12.5. The summed E-state index contributed by atoms with van der Waals surface area (Å²) < 4.78 is 26.6. The van der Waals surface area contributed by atoms with E-state index in [1.54, 1.807) is 39.9 Å². The Hall–Kier alpha value is -2.03. The van der Waals surface area contributed by atoms with E-state index in [0.29, 0.717) is 18.0 Å². The highest BCUT2D eigenvalue weighted by Crippen LogP contribution is 2.27. The smallest absolute Gasteiger partial charge is 0.243 e. The van der Waals surface area contributed by atoms with Crippen LogP contribution in [0.4, 0.5) is 11.5 Å². The van der Waals surface area contributed by atoms with Gasteiger partial charge in [-0.2, -0.15) is 4.31 Å². The van der Waals surface area contributed by atoms with Crippen LogP contribution in [0.3, 0.4) is 0 Å². The van der Waals surface area contributed by atoms with Crippen LogP contribution in [-0.2, 0) is 10.0 Å². The molecule has 0 radical (unpaired) electrons. The molecule has 4 rings (SSSR count). The van der Waals surface area contributed by atoms with E-state index in [4.69, 9.17) is 0 Å². The van der Waals surface area contributed by atoms with Gasteiger partial charge >= 0.3 is 0 Å². The van der Waals surface area contributed by atoms with Crippen molar-refractivity contribution in [2.75, 3.05) is 18.4 Å². The van der Waals surface area contributed by atoms with E-state index in [0.717, 1.165) is 34.6 Å². The average molecular weight is 360 g/mol. The summed E-state index contributed by atoms with van der Waals surface area (Å²) in [6.45, 7) is 1.22. The minimum absolute atomic E-state index is 0.332. The lowest BCUT2D eigenvalue weighted by molar-refractivity contribution is 0.477. The Morgan fingerprint density at radius 1 is 1.04 bits per heavy atom. The van der Waals surface area contributed by atoms with Crippen molar-refractivity contribution in [1.29, 1.82) is 0 Å². The van der Waals surface area contributed by atoms with Crippen LogP contribution in [0.1, 0.15) is 12.8 Å². The third-order valence-corrected chi connectivity index (χ3v) is 6.82. The predicted octanol–water partition coefficient (Wildman–Crippen LogP) is 3.22. The number of anilines is 2. The van der Waals surface area contributed by atoms with Crippen molar-refractivity contribution in [2.24, 2.45) is 0 Å². The fourth-order valence-corrected chi connectivity index (χ4v) is 5.06. The molecule has 3 aromatic rings. The molecular formula is C16H16N4O2S2. The fourth-order valence-electron chi connectivity index (χ4n) is 2.81. The van der Waals surface area contributed by atoms with E-state index in [1.807, 2.05) is 11.4 Å². The SMILES string of the molecule is O=S(=O)(c1ccc(Nc2ncnc3sccc23)cc1)N1CCCC1. The molecule has 0 atom stereocenters. The first kappa shape index (κ1) is 15.5. The monoisotopic (exact) mass is 360 g/mol. The van der Waals surface area contributed by atoms with E-state index in [9.17, 15) is 8.42 Å². The molecule has 0 spiro atoms. The Bertz CT molecular complexity index is 961. The van der Waals surface area contributed by atoms with Crippen molar-refractivity contribution >= 4 is 43.1 Å². The summed E-state index contributed by atoms with van der Waals surface area (Å²) in [6, 6.07) is 8.78. The molecule has 3 heterocycles. The quantitative estimate of drug-likeness (QED) is 0.773. The van der Waals surface area contributed by atoms with Crippen LogP contribution in [0.15, 0.2) is 46.9 Å². The minimum atomic E-state index is -3.37. The molecule has 0 unspecified atom stereocenters. The summed E-state index contributed by atoms with van der Waals surface area (Å²) in [7, 11) is -3.37. The van der Waals surface area contributed by atoms with E-state index in [2.05, 4.69) is 15.3 Å². The first-order valence-electron chi connectivity index (χ1n) is 7.70. The summed E-state index contributed by atoms with van der Waals surface area (Å²) in [4.78, 5) is 9.73. The Labute approximate surface area is 144 Å². The zero-order valence-corrected chi connectivity index (χ0v) is 14.5. The zero-order valence-electron chi connectivity index (χ0n) is 12.8. The van der Waals surface area contributed by atoms with Crippen LogP contribution in [0.25, 0.3) is 10.2 Å². The molecule has 124 valence electrons. The lowest BCUT2D eigenvalue weighted by Crippen LogP contribution is -2.27. The molecule has 1 N–H and O–H groups in total. The van der Waals surface area contributed by atoms with Gasteiger partial charge in [-0.15, -0.1) is 11.3 Å². The number of benzene rings is 1. The van der Waals surface area contributed by atoms with Crippen LogP contribution in [0.5, 0.6) is 0 Å². The van der Waals surface area contributed by atoms with Crippen molar-refractivity contribution in [3.8, 4) is 0 Å². The molecule has 1 aromatic carbocycles. The summed E-state index contributed by atoms with van der Waals surface area (Å²) in [5, 5.41) is 6.15. The van der Waals surface area contributed by atoms with Gasteiger partial charge in [0.2, 0.25) is 10.0 Å². The highest BCUT2D eigenvalue weighted by Gasteiger charge is 2.26. The summed E-state index contributed by atoms with van der Waals surface area (Å²) in [5.41, 5.74) is 0.793. The van der Waals surface area contributed by atoms with Crippen LogP contribution in [0, 0.1) is 0 Å². The van der Waals surface area contributed by atoms with Gasteiger partial charge in [-0.3, -0.25) is 0 Å². The molecule has 1 aliphatic heterocycles. The molecule has 6 nitrogen and oxygen atoms in total. The molecule has 0 aliphatic carbocycles. The number of aromatic nitrogens is 2. The second kappa shape index (κ2) is 6.12. The second-order valence-electron chi connectivity index (χ2n) is 5.62. The van der Waals surface area contributed by atoms with E-state index < -0.39 is 10.0 Å². The molecule has 1 saturated heterocycles. The van der Waals surface area contributed by atoms with Gasteiger partial charge in [0.15, 0.2) is 0 Å². The fraction of sp³-hybridized carbons (Fsp3) is 0.250. The van der Waals surface area contributed by atoms with Gasteiger partial charge in [-0.25, -0.2) is 18.4 Å². The van der Waals surface area contributed by atoms with E-state index in [-0.39, 0.29) is 0 Å². The van der Waals surface area contributed by atoms with Gasteiger partial charge in [0.05, 0.1) is 10.3 Å². The topological polar surface area (TPSA) is 75.2 Å². The number of nitrogens with one attached hydrogen (secondary N) is 1. The maximum atomic E-state index is 12.5. The molecule has 1 aliphatic rings. The van der Waals surface area contributed by atoms with Crippen LogP contribution in [-0.4, -0.2) is 35.8 Å². The summed E-state index contributed by atoms with van der Waals surface area (Å²) >= 11 is 1.56. The zero-order chi connectivity index (χ0) is 16.6. The normalized spacial score (nSPS) is 15.8. The number of hydrogen-bond donors (Lipinski definition) is 1. The van der Waals surface area contributed by atoms with Gasteiger partial charge in [-0.1, -0.05) is 0 Å². The Kier molecular flexibility index (Phi) is 3.95. The van der Waals surface area contributed by atoms with Gasteiger partial charge in [0, 0.05) is 18.8 Å². The number of sulfonamides is 1. The predicted molar refractivity (Wildman–Crippen MR) is 95.1 cm³/mol. The average Bonchev–Trinajstić information content (AvgIpc) is 3.28. The second-order valence-corrected chi connectivity index (χ2v) is 8.45. The van der Waals surface area contributed by atoms with Crippen molar-refractivity contribution in [3.63, 3.8) is 0 Å².